The molecule has 0 amide bonds. The molecule has 0 spiro atoms. The lowest BCUT2D eigenvalue weighted by molar-refractivity contribution is 0.0185. The van der Waals surface area contributed by atoms with Crippen molar-refractivity contribution in [3.05, 3.63) is 24.3 Å². The molecule has 0 atom stereocenters. The van der Waals surface area contributed by atoms with Crippen molar-refractivity contribution in [3.8, 4) is 0 Å². The van der Waals surface area contributed by atoms with Crippen LogP contribution in [-0.4, -0.2) is 25.5 Å². The predicted octanol–water partition coefficient (Wildman–Crippen LogP) is 3.64. The summed E-state index contributed by atoms with van der Waals surface area (Å²) < 4.78 is 5.39. The van der Waals surface area contributed by atoms with Gasteiger partial charge >= 0.3 is 0 Å². The van der Waals surface area contributed by atoms with Gasteiger partial charge < -0.3 is 10.1 Å². The van der Waals surface area contributed by atoms with Crippen molar-refractivity contribution in [3.63, 3.8) is 0 Å². The van der Waals surface area contributed by atoms with Crippen molar-refractivity contribution in [1.29, 1.82) is 0 Å². The Balaban J connectivity index is 2.49. The lowest BCUT2D eigenvalue weighted by Gasteiger charge is -2.23. The summed E-state index contributed by atoms with van der Waals surface area (Å²) in [5.41, 5.74) is 1.16. The largest absolute Gasteiger partial charge is 0.384 e. The summed E-state index contributed by atoms with van der Waals surface area (Å²) in [6, 6.07) is 8.37. The molecule has 0 heterocycles. The molecule has 0 aliphatic carbocycles. The van der Waals surface area contributed by atoms with E-state index in [0.717, 1.165) is 13.0 Å². The average molecular weight is 239 g/mol. The normalized spacial score (nSPS) is 11.5. The second-order valence-electron chi connectivity index (χ2n) is 4.34. The number of hydrogen-bond acceptors (Lipinski definition) is 3. The van der Waals surface area contributed by atoms with Crippen LogP contribution in [0.4, 0.5) is 5.69 Å². The molecule has 1 rings (SSSR count). The van der Waals surface area contributed by atoms with Crippen molar-refractivity contribution in [2.45, 2.75) is 30.8 Å². The molecule has 90 valence electrons. The van der Waals surface area contributed by atoms with Gasteiger partial charge in [-0.1, -0.05) is 12.1 Å². The van der Waals surface area contributed by atoms with Gasteiger partial charge in [-0.25, -0.2) is 0 Å². The van der Waals surface area contributed by atoms with Gasteiger partial charge in [0.05, 0.1) is 5.60 Å². The van der Waals surface area contributed by atoms with Gasteiger partial charge in [0.15, 0.2) is 0 Å². The second-order valence-corrected chi connectivity index (χ2v) is 5.19. The smallest absolute Gasteiger partial charge is 0.0639 e. The topological polar surface area (TPSA) is 21.3 Å². The van der Waals surface area contributed by atoms with Crippen LogP contribution in [-0.2, 0) is 4.74 Å². The molecule has 3 heteroatoms. The van der Waals surface area contributed by atoms with Gasteiger partial charge in [0.25, 0.3) is 0 Å². The number of hydrogen-bond donors (Lipinski definition) is 1. The quantitative estimate of drug-likeness (QED) is 0.766. The number of anilines is 1. The number of ether oxygens (including phenoxy) is 1. The number of benzene rings is 1. The molecule has 0 radical (unpaired) electrons. The zero-order chi connectivity index (χ0) is 12.0. The van der Waals surface area contributed by atoms with Crippen LogP contribution in [0.2, 0.25) is 0 Å². The maximum atomic E-state index is 5.39. The third-order valence-electron chi connectivity index (χ3n) is 2.70. The first-order chi connectivity index (χ1) is 7.59. The number of para-hydroxylation sites is 1. The van der Waals surface area contributed by atoms with Crippen LogP contribution in [0.15, 0.2) is 29.2 Å². The molecule has 1 aromatic carbocycles. The Morgan fingerprint density at radius 3 is 2.62 bits per heavy atom. The van der Waals surface area contributed by atoms with Gasteiger partial charge in [-0.05, 0) is 38.7 Å². The Morgan fingerprint density at radius 2 is 2.00 bits per heavy atom. The molecule has 0 unspecified atom stereocenters. The molecular weight excluding hydrogens is 218 g/mol. The van der Waals surface area contributed by atoms with E-state index in [2.05, 4.69) is 49.7 Å². The third kappa shape index (κ3) is 4.06. The van der Waals surface area contributed by atoms with E-state index >= 15 is 0 Å². The Bertz CT molecular complexity index is 325. The number of rotatable bonds is 6. The van der Waals surface area contributed by atoms with E-state index in [4.69, 9.17) is 4.74 Å². The number of thioether (sulfide) groups is 1. The molecule has 0 bridgehead atoms. The number of nitrogens with one attached hydrogen (secondary N) is 1. The van der Waals surface area contributed by atoms with Gasteiger partial charge in [0, 0.05) is 24.2 Å². The van der Waals surface area contributed by atoms with Crippen LogP contribution in [0.5, 0.6) is 0 Å². The number of methoxy groups -OCH3 is 1. The third-order valence-corrected chi connectivity index (χ3v) is 3.50. The first-order valence-electron chi connectivity index (χ1n) is 5.51. The Morgan fingerprint density at radius 1 is 1.31 bits per heavy atom. The van der Waals surface area contributed by atoms with Gasteiger partial charge in [0.1, 0.15) is 0 Å². The van der Waals surface area contributed by atoms with Crippen molar-refractivity contribution in [2.24, 2.45) is 0 Å². The maximum absolute atomic E-state index is 5.39. The van der Waals surface area contributed by atoms with Gasteiger partial charge in [-0.3, -0.25) is 0 Å². The van der Waals surface area contributed by atoms with Crippen molar-refractivity contribution in [2.75, 3.05) is 25.2 Å². The van der Waals surface area contributed by atoms with E-state index in [-0.39, 0.29) is 5.60 Å². The van der Waals surface area contributed by atoms with Crippen molar-refractivity contribution < 1.29 is 4.74 Å². The van der Waals surface area contributed by atoms with Gasteiger partial charge in [-0.2, -0.15) is 0 Å². The van der Waals surface area contributed by atoms with Crippen molar-refractivity contribution in [1.82, 2.24) is 0 Å². The molecule has 0 fully saturated rings. The molecule has 0 saturated carbocycles. The van der Waals surface area contributed by atoms with E-state index in [1.54, 1.807) is 18.9 Å². The summed E-state index contributed by atoms with van der Waals surface area (Å²) in [5.74, 6) is 0. The van der Waals surface area contributed by atoms with Crippen LogP contribution >= 0.6 is 11.8 Å². The molecule has 0 aliphatic rings. The van der Waals surface area contributed by atoms with Gasteiger partial charge in [-0.15, -0.1) is 11.8 Å². The van der Waals surface area contributed by atoms with E-state index in [9.17, 15) is 0 Å². The summed E-state index contributed by atoms with van der Waals surface area (Å²) in [5, 5.41) is 3.45. The standard InChI is InChI=1S/C13H21NOS/c1-13(2,15-3)9-10-14-11-7-5-6-8-12(11)16-4/h5-8,14H,9-10H2,1-4H3. The van der Waals surface area contributed by atoms with Crippen LogP contribution in [0, 0.1) is 0 Å². The van der Waals surface area contributed by atoms with E-state index < -0.39 is 0 Å². The molecular formula is C13H21NOS. The van der Waals surface area contributed by atoms with E-state index in [1.807, 2.05) is 0 Å². The average Bonchev–Trinajstić information content (AvgIpc) is 2.29. The highest BCUT2D eigenvalue weighted by Crippen LogP contribution is 2.25. The molecule has 2 nitrogen and oxygen atoms in total. The first-order valence-corrected chi connectivity index (χ1v) is 6.73. The van der Waals surface area contributed by atoms with Crippen molar-refractivity contribution >= 4 is 17.4 Å². The molecule has 0 aliphatic heterocycles. The summed E-state index contributed by atoms with van der Waals surface area (Å²) in [6.45, 7) is 5.14. The summed E-state index contributed by atoms with van der Waals surface area (Å²) in [6.07, 6.45) is 3.09. The Kier molecular flexibility index (Phi) is 5.16. The molecule has 0 saturated heterocycles. The van der Waals surface area contributed by atoms with Crippen LogP contribution < -0.4 is 5.32 Å². The van der Waals surface area contributed by atoms with Crippen LogP contribution in [0.1, 0.15) is 20.3 Å². The second kappa shape index (κ2) is 6.16. The molecule has 1 N–H and O–H groups in total. The fraction of sp³-hybridized carbons (Fsp3) is 0.538. The minimum Gasteiger partial charge on any atom is -0.384 e. The minimum absolute atomic E-state index is 0.0543. The highest BCUT2D eigenvalue weighted by Gasteiger charge is 2.15. The SMILES string of the molecule is COC(C)(C)CCNc1ccccc1SC. The summed E-state index contributed by atoms with van der Waals surface area (Å²) in [4.78, 5) is 1.29. The molecule has 0 aromatic heterocycles. The van der Waals surface area contributed by atoms with E-state index in [1.165, 1.54) is 10.6 Å². The van der Waals surface area contributed by atoms with Crippen LogP contribution in [0.25, 0.3) is 0 Å². The van der Waals surface area contributed by atoms with Crippen LogP contribution in [0.3, 0.4) is 0 Å². The van der Waals surface area contributed by atoms with E-state index in [0.29, 0.717) is 0 Å². The highest BCUT2D eigenvalue weighted by atomic mass is 32.2. The predicted molar refractivity (Wildman–Crippen MR) is 72.4 cm³/mol. The van der Waals surface area contributed by atoms with Gasteiger partial charge in [0.2, 0.25) is 0 Å². The lowest BCUT2D eigenvalue weighted by Crippen LogP contribution is -2.25. The monoisotopic (exact) mass is 239 g/mol. The zero-order valence-corrected chi connectivity index (χ0v) is 11.4. The fourth-order valence-corrected chi connectivity index (χ4v) is 1.97. The lowest BCUT2D eigenvalue weighted by atomic mass is 10.1. The first kappa shape index (κ1) is 13.4. The highest BCUT2D eigenvalue weighted by molar-refractivity contribution is 7.98. The molecule has 1 aromatic rings. The summed E-state index contributed by atoms with van der Waals surface area (Å²) in [7, 11) is 1.76. The Hall–Kier alpha value is -0.670. The minimum atomic E-state index is -0.0543. The summed E-state index contributed by atoms with van der Waals surface area (Å²) >= 11 is 1.77. The zero-order valence-electron chi connectivity index (χ0n) is 10.5. The fourth-order valence-electron chi connectivity index (χ4n) is 1.39. The maximum Gasteiger partial charge on any atom is 0.0639 e. The molecule has 16 heavy (non-hydrogen) atoms. The Labute approximate surface area is 103 Å².